The minimum atomic E-state index is 0.564. The summed E-state index contributed by atoms with van der Waals surface area (Å²) in [7, 11) is 4.35. The van der Waals surface area contributed by atoms with Crippen molar-refractivity contribution in [1.29, 1.82) is 0 Å². The van der Waals surface area contributed by atoms with E-state index in [0.717, 1.165) is 17.6 Å². The van der Waals surface area contributed by atoms with Crippen molar-refractivity contribution in [2.24, 2.45) is 0 Å². The van der Waals surface area contributed by atoms with Crippen molar-refractivity contribution in [1.82, 2.24) is 14.9 Å². The first kappa shape index (κ1) is 13.3. The molecule has 1 heterocycles. The van der Waals surface area contributed by atoms with E-state index in [0.29, 0.717) is 6.04 Å². The minimum Gasteiger partial charge on any atom is -0.367 e. The van der Waals surface area contributed by atoms with Gasteiger partial charge in [0.25, 0.3) is 0 Å². The fraction of sp³-hybridized carbons (Fsp3) is 0.714. The highest BCUT2D eigenvalue weighted by Crippen LogP contribution is 2.25. The Morgan fingerprint density at radius 1 is 1.11 bits per heavy atom. The lowest BCUT2D eigenvalue weighted by atomic mass is 9.90. The molecule has 2 rings (SSSR count). The topological polar surface area (TPSA) is 41.1 Å². The molecule has 0 aliphatic heterocycles. The summed E-state index contributed by atoms with van der Waals surface area (Å²) in [5.74, 6) is 1.01. The van der Waals surface area contributed by atoms with E-state index >= 15 is 0 Å². The fourth-order valence-corrected chi connectivity index (χ4v) is 2.61. The van der Waals surface area contributed by atoms with Crippen LogP contribution in [0, 0.1) is 13.8 Å². The molecule has 1 aliphatic rings. The summed E-state index contributed by atoms with van der Waals surface area (Å²) in [5.41, 5.74) is 2.24. The number of nitrogens with one attached hydrogen (secondary N) is 1. The fourth-order valence-electron chi connectivity index (χ4n) is 2.61. The first-order valence-electron chi connectivity index (χ1n) is 6.79. The second kappa shape index (κ2) is 5.65. The quantitative estimate of drug-likeness (QED) is 0.891. The van der Waals surface area contributed by atoms with Gasteiger partial charge in [0.15, 0.2) is 0 Å². The van der Waals surface area contributed by atoms with E-state index < -0.39 is 0 Å². The van der Waals surface area contributed by atoms with Crippen LogP contribution in [0.4, 0.5) is 5.82 Å². The van der Waals surface area contributed by atoms with Crippen LogP contribution in [0.25, 0.3) is 0 Å². The maximum absolute atomic E-state index is 4.35. The molecule has 0 atom stereocenters. The van der Waals surface area contributed by atoms with Crippen LogP contribution in [0.2, 0.25) is 0 Å². The standard InChI is InChI=1S/C14H24N4/c1-10-11(2)15-9-16-14(10)17-12-5-7-13(8-6-12)18(3)4/h9,12-13H,5-8H2,1-4H3,(H,15,16,17). The monoisotopic (exact) mass is 248 g/mol. The van der Waals surface area contributed by atoms with Crippen molar-refractivity contribution < 1.29 is 0 Å². The van der Waals surface area contributed by atoms with Crippen LogP contribution in [0.5, 0.6) is 0 Å². The second-order valence-corrected chi connectivity index (χ2v) is 5.55. The van der Waals surface area contributed by atoms with E-state index in [1.165, 1.54) is 31.2 Å². The minimum absolute atomic E-state index is 0.564. The maximum Gasteiger partial charge on any atom is 0.132 e. The van der Waals surface area contributed by atoms with Crippen LogP contribution in [0.15, 0.2) is 6.33 Å². The van der Waals surface area contributed by atoms with Crippen LogP contribution in [0.3, 0.4) is 0 Å². The maximum atomic E-state index is 4.35. The zero-order valence-corrected chi connectivity index (χ0v) is 11.9. The van der Waals surface area contributed by atoms with Crippen LogP contribution < -0.4 is 5.32 Å². The lowest BCUT2D eigenvalue weighted by molar-refractivity contribution is 0.221. The molecule has 1 aromatic heterocycles. The Kier molecular flexibility index (Phi) is 4.17. The lowest BCUT2D eigenvalue weighted by Crippen LogP contribution is -2.36. The van der Waals surface area contributed by atoms with Gasteiger partial charge in [-0.2, -0.15) is 0 Å². The number of hydrogen-bond acceptors (Lipinski definition) is 4. The molecule has 1 aromatic rings. The number of hydrogen-bond donors (Lipinski definition) is 1. The molecule has 0 radical (unpaired) electrons. The van der Waals surface area contributed by atoms with Gasteiger partial charge in [-0.25, -0.2) is 9.97 Å². The Morgan fingerprint density at radius 3 is 2.39 bits per heavy atom. The zero-order valence-electron chi connectivity index (χ0n) is 11.9. The van der Waals surface area contributed by atoms with Crippen molar-refractivity contribution in [2.75, 3.05) is 19.4 Å². The summed E-state index contributed by atoms with van der Waals surface area (Å²) in [6, 6.07) is 1.31. The van der Waals surface area contributed by atoms with Gasteiger partial charge in [0.1, 0.15) is 12.1 Å². The molecular weight excluding hydrogens is 224 g/mol. The molecule has 0 saturated heterocycles. The number of rotatable bonds is 3. The van der Waals surface area contributed by atoms with Gasteiger partial charge < -0.3 is 10.2 Å². The van der Waals surface area contributed by atoms with Crippen molar-refractivity contribution in [2.45, 2.75) is 51.6 Å². The van der Waals surface area contributed by atoms with Crippen LogP contribution in [-0.2, 0) is 0 Å². The predicted octanol–water partition coefficient (Wildman–Crippen LogP) is 2.38. The van der Waals surface area contributed by atoms with Gasteiger partial charge in [0.2, 0.25) is 0 Å². The normalized spacial score (nSPS) is 24.3. The van der Waals surface area contributed by atoms with E-state index in [1.54, 1.807) is 6.33 Å². The molecule has 0 spiro atoms. The van der Waals surface area contributed by atoms with Crippen molar-refractivity contribution >= 4 is 5.82 Å². The molecule has 0 aromatic carbocycles. The Hall–Kier alpha value is -1.16. The first-order chi connectivity index (χ1) is 8.58. The van der Waals surface area contributed by atoms with E-state index in [2.05, 4.69) is 41.2 Å². The molecule has 0 amide bonds. The molecule has 100 valence electrons. The molecule has 1 fully saturated rings. The van der Waals surface area contributed by atoms with Crippen LogP contribution >= 0.6 is 0 Å². The first-order valence-corrected chi connectivity index (χ1v) is 6.79. The largest absolute Gasteiger partial charge is 0.367 e. The highest BCUT2D eigenvalue weighted by molar-refractivity contribution is 5.45. The smallest absolute Gasteiger partial charge is 0.132 e. The van der Waals surface area contributed by atoms with E-state index in [9.17, 15) is 0 Å². The summed E-state index contributed by atoms with van der Waals surface area (Å²) in [5, 5.41) is 3.58. The third-order valence-electron chi connectivity index (χ3n) is 4.10. The molecule has 4 nitrogen and oxygen atoms in total. The summed E-state index contributed by atoms with van der Waals surface area (Å²) in [6.45, 7) is 4.12. The SMILES string of the molecule is Cc1ncnc(NC2CCC(N(C)C)CC2)c1C. The summed E-state index contributed by atoms with van der Waals surface area (Å²) in [6.07, 6.45) is 6.65. The summed E-state index contributed by atoms with van der Waals surface area (Å²) < 4.78 is 0. The van der Waals surface area contributed by atoms with Crippen molar-refractivity contribution in [3.63, 3.8) is 0 Å². The summed E-state index contributed by atoms with van der Waals surface area (Å²) in [4.78, 5) is 10.9. The molecule has 1 saturated carbocycles. The highest BCUT2D eigenvalue weighted by atomic mass is 15.1. The number of anilines is 1. The third-order valence-corrected chi connectivity index (χ3v) is 4.10. The van der Waals surface area contributed by atoms with Gasteiger partial charge in [-0.3, -0.25) is 0 Å². The van der Waals surface area contributed by atoms with E-state index in [4.69, 9.17) is 0 Å². The Morgan fingerprint density at radius 2 is 1.78 bits per heavy atom. The van der Waals surface area contributed by atoms with Crippen molar-refractivity contribution in [3.05, 3.63) is 17.6 Å². The van der Waals surface area contributed by atoms with Crippen molar-refractivity contribution in [3.8, 4) is 0 Å². The van der Waals surface area contributed by atoms with Crippen LogP contribution in [0.1, 0.15) is 36.9 Å². The number of aryl methyl sites for hydroxylation is 1. The Balaban J connectivity index is 1.94. The van der Waals surface area contributed by atoms with Crippen LogP contribution in [-0.4, -0.2) is 41.0 Å². The zero-order chi connectivity index (χ0) is 13.1. The predicted molar refractivity (Wildman–Crippen MR) is 74.9 cm³/mol. The number of aromatic nitrogens is 2. The Labute approximate surface area is 110 Å². The van der Waals surface area contributed by atoms with E-state index in [1.807, 2.05) is 6.92 Å². The van der Waals surface area contributed by atoms with E-state index in [-0.39, 0.29) is 0 Å². The average molecular weight is 248 g/mol. The molecule has 4 heteroatoms. The van der Waals surface area contributed by atoms with Gasteiger partial charge >= 0.3 is 0 Å². The highest BCUT2D eigenvalue weighted by Gasteiger charge is 2.22. The van der Waals surface area contributed by atoms with Gasteiger partial charge in [0, 0.05) is 23.3 Å². The molecule has 0 bridgehead atoms. The van der Waals surface area contributed by atoms with Gasteiger partial charge in [-0.15, -0.1) is 0 Å². The molecular formula is C14H24N4. The van der Waals surface area contributed by atoms with Gasteiger partial charge in [-0.1, -0.05) is 0 Å². The third kappa shape index (κ3) is 2.99. The Bertz CT molecular complexity index is 395. The molecule has 0 unspecified atom stereocenters. The number of nitrogens with zero attached hydrogens (tertiary/aromatic N) is 3. The molecule has 18 heavy (non-hydrogen) atoms. The van der Waals surface area contributed by atoms with Gasteiger partial charge in [-0.05, 0) is 53.6 Å². The van der Waals surface area contributed by atoms with Gasteiger partial charge in [0.05, 0.1) is 0 Å². The molecule has 1 aliphatic carbocycles. The second-order valence-electron chi connectivity index (χ2n) is 5.55. The lowest BCUT2D eigenvalue weighted by Gasteiger charge is -2.33. The molecule has 1 N–H and O–H groups in total. The summed E-state index contributed by atoms with van der Waals surface area (Å²) >= 11 is 0. The average Bonchev–Trinajstić information content (AvgIpc) is 2.36.